The normalized spacial score (nSPS) is 11.3. The van der Waals surface area contributed by atoms with E-state index in [1.807, 2.05) is 12.1 Å². The topological polar surface area (TPSA) is 37.4 Å². The summed E-state index contributed by atoms with van der Waals surface area (Å²) in [6, 6.07) is 12.4. The second-order valence-electron chi connectivity index (χ2n) is 4.97. The maximum atomic E-state index is 5.06. The molecule has 0 saturated heterocycles. The van der Waals surface area contributed by atoms with Gasteiger partial charge in [-0.3, -0.25) is 4.98 Å². The van der Waals surface area contributed by atoms with E-state index >= 15 is 0 Å². The molecule has 0 radical (unpaired) electrons. The molecule has 0 aliphatic carbocycles. The lowest BCUT2D eigenvalue weighted by Gasteiger charge is -2.16. The number of aromatic nitrogens is 1. The van der Waals surface area contributed by atoms with Gasteiger partial charge in [-0.15, -0.1) is 0 Å². The number of likely N-dealkylation sites (N-methyl/N-ethyl adjacent to an activating group) is 1. The standard InChI is InChI=1S/C16H23N3O/c1-19(11-12-20-2)10-9-17-13-15-8-7-14-5-3-4-6-16(14)18-15/h3-8,17H,9-13H2,1-2H3. The van der Waals surface area contributed by atoms with Crippen molar-refractivity contribution in [3.63, 3.8) is 0 Å². The van der Waals surface area contributed by atoms with Gasteiger partial charge in [0.05, 0.1) is 17.8 Å². The third-order valence-electron chi connectivity index (χ3n) is 3.31. The van der Waals surface area contributed by atoms with Gasteiger partial charge in [-0.05, 0) is 19.2 Å². The van der Waals surface area contributed by atoms with Crippen molar-refractivity contribution in [3.05, 3.63) is 42.1 Å². The largest absolute Gasteiger partial charge is 0.383 e. The minimum Gasteiger partial charge on any atom is -0.383 e. The zero-order valence-electron chi connectivity index (χ0n) is 12.3. The molecule has 0 aliphatic rings. The van der Waals surface area contributed by atoms with Crippen LogP contribution in [0.3, 0.4) is 0 Å². The molecule has 0 saturated carbocycles. The first kappa shape index (κ1) is 14.9. The summed E-state index contributed by atoms with van der Waals surface area (Å²) >= 11 is 0. The minimum absolute atomic E-state index is 0.780. The van der Waals surface area contributed by atoms with Crippen molar-refractivity contribution >= 4 is 10.9 Å². The highest BCUT2D eigenvalue weighted by Crippen LogP contribution is 2.11. The quantitative estimate of drug-likeness (QED) is 0.746. The first-order valence-electron chi connectivity index (χ1n) is 7.02. The van der Waals surface area contributed by atoms with Crippen LogP contribution in [0.15, 0.2) is 36.4 Å². The molecule has 1 aromatic heterocycles. The van der Waals surface area contributed by atoms with E-state index in [1.54, 1.807) is 7.11 Å². The molecule has 2 aromatic rings. The van der Waals surface area contributed by atoms with Gasteiger partial charge in [0.15, 0.2) is 0 Å². The van der Waals surface area contributed by atoms with Crippen LogP contribution in [0.2, 0.25) is 0 Å². The maximum absolute atomic E-state index is 5.06. The van der Waals surface area contributed by atoms with Crippen LogP contribution in [0.1, 0.15) is 5.69 Å². The van der Waals surface area contributed by atoms with Gasteiger partial charge >= 0.3 is 0 Å². The molecule has 20 heavy (non-hydrogen) atoms. The average Bonchev–Trinajstić information content (AvgIpc) is 2.49. The Morgan fingerprint density at radius 3 is 2.85 bits per heavy atom. The van der Waals surface area contributed by atoms with E-state index in [1.165, 1.54) is 5.39 Å². The molecule has 1 aromatic carbocycles. The molecular weight excluding hydrogens is 250 g/mol. The monoisotopic (exact) mass is 273 g/mol. The predicted octanol–water partition coefficient (Wildman–Crippen LogP) is 1.90. The van der Waals surface area contributed by atoms with Crippen molar-refractivity contribution in [1.29, 1.82) is 0 Å². The van der Waals surface area contributed by atoms with Gasteiger partial charge in [0.1, 0.15) is 0 Å². The van der Waals surface area contributed by atoms with E-state index in [0.717, 1.165) is 44.0 Å². The van der Waals surface area contributed by atoms with E-state index in [4.69, 9.17) is 4.74 Å². The lowest BCUT2D eigenvalue weighted by molar-refractivity contribution is 0.161. The van der Waals surface area contributed by atoms with Crippen molar-refractivity contribution in [2.75, 3.05) is 40.4 Å². The Kier molecular flexibility index (Phi) is 5.92. The smallest absolute Gasteiger partial charge is 0.0705 e. The van der Waals surface area contributed by atoms with Gasteiger partial charge in [-0.2, -0.15) is 0 Å². The third-order valence-corrected chi connectivity index (χ3v) is 3.31. The molecule has 4 nitrogen and oxygen atoms in total. The number of hydrogen-bond donors (Lipinski definition) is 1. The van der Waals surface area contributed by atoms with Gasteiger partial charge in [-0.1, -0.05) is 24.3 Å². The van der Waals surface area contributed by atoms with Crippen molar-refractivity contribution in [1.82, 2.24) is 15.2 Å². The summed E-state index contributed by atoms with van der Waals surface area (Å²) in [7, 11) is 3.84. The molecule has 4 heteroatoms. The Hall–Kier alpha value is -1.49. The van der Waals surface area contributed by atoms with Crippen LogP contribution in [0.5, 0.6) is 0 Å². The van der Waals surface area contributed by atoms with Crippen LogP contribution in [-0.4, -0.2) is 50.3 Å². The number of benzene rings is 1. The zero-order chi connectivity index (χ0) is 14.2. The van der Waals surface area contributed by atoms with E-state index in [0.29, 0.717) is 0 Å². The number of nitrogens with one attached hydrogen (secondary N) is 1. The van der Waals surface area contributed by atoms with Crippen LogP contribution in [0.4, 0.5) is 0 Å². The molecule has 2 rings (SSSR count). The molecule has 1 N–H and O–H groups in total. The Bertz CT molecular complexity index is 530. The zero-order valence-corrected chi connectivity index (χ0v) is 12.3. The average molecular weight is 273 g/mol. The second kappa shape index (κ2) is 7.94. The van der Waals surface area contributed by atoms with Crippen LogP contribution < -0.4 is 5.32 Å². The highest BCUT2D eigenvalue weighted by atomic mass is 16.5. The number of pyridine rings is 1. The molecule has 0 unspecified atom stereocenters. The van der Waals surface area contributed by atoms with Crippen LogP contribution in [0, 0.1) is 0 Å². The highest BCUT2D eigenvalue weighted by Gasteiger charge is 1.99. The minimum atomic E-state index is 0.780. The fourth-order valence-electron chi connectivity index (χ4n) is 2.05. The first-order chi connectivity index (χ1) is 9.79. The van der Waals surface area contributed by atoms with Gasteiger partial charge < -0.3 is 15.0 Å². The second-order valence-corrected chi connectivity index (χ2v) is 4.97. The van der Waals surface area contributed by atoms with E-state index < -0.39 is 0 Å². The number of methoxy groups -OCH3 is 1. The van der Waals surface area contributed by atoms with Gasteiger partial charge in [-0.25, -0.2) is 0 Å². The number of rotatable bonds is 8. The van der Waals surface area contributed by atoms with Gasteiger partial charge in [0.25, 0.3) is 0 Å². The fraction of sp³-hybridized carbons (Fsp3) is 0.438. The SMILES string of the molecule is COCCN(C)CCNCc1ccc2ccccc2n1. The lowest BCUT2D eigenvalue weighted by atomic mass is 10.2. The van der Waals surface area contributed by atoms with Crippen molar-refractivity contribution in [2.45, 2.75) is 6.54 Å². The summed E-state index contributed by atoms with van der Waals surface area (Å²) in [5.41, 5.74) is 2.15. The molecule has 0 amide bonds. The molecule has 0 spiro atoms. The summed E-state index contributed by atoms with van der Waals surface area (Å²) in [6.07, 6.45) is 0. The summed E-state index contributed by atoms with van der Waals surface area (Å²) in [6.45, 7) is 4.52. The van der Waals surface area contributed by atoms with Gasteiger partial charge in [0, 0.05) is 38.7 Å². The molecule has 0 atom stereocenters. The number of ether oxygens (including phenoxy) is 1. The number of nitrogens with zero attached hydrogens (tertiary/aromatic N) is 2. The molecule has 0 bridgehead atoms. The van der Waals surface area contributed by atoms with E-state index in [9.17, 15) is 0 Å². The first-order valence-corrected chi connectivity index (χ1v) is 7.02. The summed E-state index contributed by atoms with van der Waals surface area (Å²) in [5, 5.41) is 4.62. The number of fused-ring (bicyclic) bond motifs is 1. The molecule has 0 fully saturated rings. The number of hydrogen-bond acceptors (Lipinski definition) is 4. The van der Waals surface area contributed by atoms with Crippen molar-refractivity contribution in [3.8, 4) is 0 Å². The van der Waals surface area contributed by atoms with Crippen molar-refractivity contribution in [2.24, 2.45) is 0 Å². The fourth-order valence-corrected chi connectivity index (χ4v) is 2.05. The Morgan fingerprint density at radius 1 is 1.15 bits per heavy atom. The van der Waals surface area contributed by atoms with Crippen LogP contribution in [-0.2, 0) is 11.3 Å². The van der Waals surface area contributed by atoms with Crippen molar-refractivity contribution < 1.29 is 4.74 Å². The summed E-state index contributed by atoms with van der Waals surface area (Å²) < 4.78 is 5.06. The van der Waals surface area contributed by atoms with Crippen LogP contribution >= 0.6 is 0 Å². The highest BCUT2D eigenvalue weighted by molar-refractivity contribution is 5.78. The third kappa shape index (κ3) is 4.56. The van der Waals surface area contributed by atoms with E-state index in [2.05, 4.69) is 46.5 Å². The Balaban J connectivity index is 1.75. The predicted molar refractivity (Wildman–Crippen MR) is 82.8 cm³/mol. The lowest BCUT2D eigenvalue weighted by Crippen LogP contribution is -2.31. The number of para-hydroxylation sites is 1. The molecular formula is C16H23N3O. The summed E-state index contributed by atoms with van der Waals surface area (Å²) in [4.78, 5) is 6.90. The maximum Gasteiger partial charge on any atom is 0.0705 e. The molecule has 0 aliphatic heterocycles. The van der Waals surface area contributed by atoms with E-state index in [-0.39, 0.29) is 0 Å². The van der Waals surface area contributed by atoms with Crippen LogP contribution in [0.25, 0.3) is 10.9 Å². The molecule has 108 valence electrons. The summed E-state index contributed by atoms with van der Waals surface area (Å²) in [5.74, 6) is 0. The Labute approximate surface area is 120 Å². The van der Waals surface area contributed by atoms with Gasteiger partial charge in [0.2, 0.25) is 0 Å². The Morgan fingerprint density at radius 2 is 2.00 bits per heavy atom. The molecule has 1 heterocycles.